The van der Waals surface area contributed by atoms with Crippen LogP contribution >= 0.6 is 15.9 Å². The van der Waals surface area contributed by atoms with Crippen molar-refractivity contribution < 1.29 is 14.4 Å². The minimum Gasteiger partial charge on any atom is -0.322 e. The summed E-state index contributed by atoms with van der Waals surface area (Å²) in [6.45, 7) is 0. The molecule has 4 aromatic rings. The Hall–Kier alpha value is -4.31. The molecule has 2 aromatic carbocycles. The highest BCUT2D eigenvalue weighted by molar-refractivity contribution is 9.10. The van der Waals surface area contributed by atoms with Gasteiger partial charge in [-0.1, -0.05) is 28.1 Å². The van der Waals surface area contributed by atoms with E-state index in [1.807, 2.05) is 6.07 Å². The number of nitrogens with one attached hydrogen (secondary N) is 4. The zero-order valence-electron chi connectivity index (χ0n) is 17.0. The molecule has 10 heteroatoms. The Morgan fingerprint density at radius 3 is 2.24 bits per heavy atom. The van der Waals surface area contributed by atoms with Gasteiger partial charge in [-0.25, -0.2) is 0 Å². The molecule has 0 spiro atoms. The van der Waals surface area contributed by atoms with Crippen LogP contribution in [0.2, 0.25) is 0 Å². The summed E-state index contributed by atoms with van der Waals surface area (Å²) in [6, 6.07) is 20.4. The van der Waals surface area contributed by atoms with E-state index in [0.717, 1.165) is 4.47 Å². The fraction of sp³-hybridized carbons (Fsp3) is 0. The van der Waals surface area contributed by atoms with Gasteiger partial charge in [0, 0.05) is 33.7 Å². The van der Waals surface area contributed by atoms with Gasteiger partial charge in [-0.3, -0.25) is 24.5 Å². The van der Waals surface area contributed by atoms with Crippen molar-refractivity contribution in [2.75, 3.05) is 16.0 Å². The molecule has 0 bridgehead atoms. The molecule has 4 N–H and O–H groups in total. The van der Waals surface area contributed by atoms with E-state index >= 15 is 0 Å². The molecule has 4 rings (SSSR count). The summed E-state index contributed by atoms with van der Waals surface area (Å²) < 4.78 is 0.866. The van der Waals surface area contributed by atoms with Gasteiger partial charge in [-0.2, -0.15) is 5.10 Å². The molecule has 3 amide bonds. The molecule has 0 saturated heterocycles. The topological polar surface area (TPSA) is 129 Å². The van der Waals surface area contributed by atoms with E-state index in [0.29, 0.717) is 28.3 Å². The van der Waals surface area contributed by atoms with Gasteiger partial charge < -0.3 is 16.0 Å². The molecule has 0 aliphatic heterocycles. The van der Waals surface area contributed by atoms with Crippen LogP contribution in [0.15, 0.2) is 83.5 Å². The van der Waals surface area contributed by atoms with Crippen molar-refractivity contribution in [1.82, 2.24) is 15.2 Å². The lowest BCUT2D eigenvalue weighted by atomic mass is 10.2. The fourth-order valence-corrected chi connectivity index (χ4v) is 3.14. The minimum absolute atomic E-state index is 0.186. The normalized spacial score (nSPS) is 10.3. The minimum atomic E-state index is -0.890. The number of anilines is 3. The number of nitrogens with zero attached hydrogens (tertiary/aromatic N) is 2. The van der Waals surface area contributed by atoms with Gasteiger partial charge in [0.25, 0.3) is 5.91 Å². The molecule has 2 aromatic heterocycles. The lowest BCUT2D eigenvalue weighted by molar-refractivity contribution is -0.133. The zero-order chi connectivity index (χ0) is 23.2. The van der Waals surface area contributed by atoms with Crippen LogP contribution in [-0.2, 0) is 9.59 Å². The number of hydrogen-bond acceptors (Lipinski definition) is 5. The van der Waals surface area contributed by atoms with Crippen LogP contribution in [0.5, 0.6) is 0 Å². The maximum absolute atomic E-state index is 12.4. The second-order valence-electron chi connectivity index (χ2n) is 6.83. The first-order valence-electron chi connectivity index (χ1n) is 9.74. The molecule has 0 radical (unpaired) electrons. The van der Waals surface area contributed by atoms with Crippen molar-refractivity contribution in [1.29, 1.82) is 0 Å². The summed E-state index contributed by atoms with van der Waals surface area (Å²) in [6.07, 6.45) is 1.64. The number of halogens is 1. The van der Waals surface area contributed by atoms with Crippen LogP contribution in [0.3, 0.4) is 0 Å². The van der Waals surface area contributed by atoms with Gasteiger partial charge in [0.05, 0.1) is 11.4 Å². The van der Waals surface area contributed by atoms with Crippen LogP contribution in [0.4, 0.5) is 17.2 Å². The van der Waals surface area contributed by atoms with E-state index in [2.05, 4.69) is 47.1 Å². The molecule has 0 aliphatic rings. The second kappa shape index (κ2) is 9.88. The van der Waals surface area contributed by atoms with E-state index < -0.39 is 11.8 Å². The predicted molar refractivity (Wildman–Crippen MR) is 128 cm³/mol. The lowest BCUT2D eigenvalue weighted by Gasteiger charge is -2.09. The summed E-state index contributed by atoms with van der Waals surface area (Å²) in [7, 11) is 0. The molecule has 2 heterocycles. The average Bonchev–Trinajstić information content (AvgIpc) is 3.29. The number of aromatic nitrogens is 3. The van der Waals surface area contributed by atoms with Crippen LogP contribution in [0.1, 0.15) is 10.4 Å². The largest absolute Gasteiger partial charge is 0.322 e. The molecular formula is C23H17BrN6O3. The number of pyridine rings is 1. The van der Waals surface area contributed by atoms with Gasteiger partial charge in [-0.15, -0.1) is 0 Å². The Bertz CT molecular complexity index is 1310. The number of carbonyl (C=O) groups is 3. The maximum Gasteiger partial charge on any atom is 0.315 e. The Labute approximate surface area is 196 Å². The molecular weight excluding hydrogens is 488 g/mol. The average molecular weight is 505 g/mol. The van der Waals surface area contributed by atoms with Gasteiger partial charge in [-0.05, 0) is 54.6 Å². The number of aromatic amines is 1. The predicted octanol–water partition coefficient (Wildman–Crippen LogP) is 4.06. The van der Waals surface area contributed by atoms with E-state index in [4.69, 9.17) is 0 Å². The first-order valence-corrected chi connectivity index (χ1v) is 10.5. The monoisotopic (exact) mass is 504 g/mol. The second-order valence-corrected chi connectivity index (χ2v) is 7.75. The van der Waals surface area contributed by atoms with Gasteiger partial charge in [0.2, 0.25) is 0 Å². The highest BCUT2D eigenvalue weighted by Gasteiger charge is 2.16. The van der Waals surface area contributed by atoms with E-state index in [1.54, 1.807) is 72.9 Å². The lowest BCUT2D eigenvalue weighted by Crippen LogP contribution is -2.29. The molecule has 0 saturated carbocycles. The summed E-state index contributed by atoms with van der Waals surface area (Å²) >= 11 is 3.33. The van der Waals surface area contributed by atoms with Crippen LogP contribution < -0.4 is 16.0 Å². The van der Waals surface area contributed by atoms with Crippen molar-refractivity contribution in [2.24, 2.45) is 0 Å². The third-order valence-electron chi connectivity index (χ3n) is 4.45. The molecule has 0 fully saturated rings. The standard InChI is InChI=1S/C23H17BrN6O3/c24-15-9-7-14(8-10-15)21(31)26-16-4-3-5-17(12-16)27-22(32)23(33)28-20-13-19(29-30-20)18-6-1-2-11-25-18/h1-13H,(H,26,31)(H,27,32)(H2,28,29,30,33). The van der Waals surface area contributed by atoms with E-state index in [9.17, 15) is 14.4 Å². The highest BCUT2D eigenvalue weighted by atomic mass is 79.9. The molecule has 9 nitrogen and oxygen atoms in total. The van der Waals surface area contributed by atoms with Crippen molar-refractivity contribution in [3.8, 4) is 11.4 Å². The smallest absolute Gasteiger partial charge is 0.315 e. The fourth-order valence-electron chi connectivity index (χ4n) is 2.88. The SMILES string of the molecule is O=C(Nc1cccc(NC(=O)c2ccc(Br)cc2)c1)C(=O)Nc1cc(-c2ccccn2)[nH]n1. The molecule has 0 unspecified atom stereocenters. The summed E-state index contributed by atoms with van der Waals surface area (Å²) in [5, 5.41) is 14.4. The first-order chi connectivity index (χ1) is 16.0. The van der Waals surface area contributed by atoms with E-state index in [-0.39, 0.29) is 11.7 Å². The van der Waals surface area contributed by atoms with E-state index in [1.165, 1.54) is 0 Å². The molecule has 0 atom stereocenters. The van der Waals surface area contributed by atoms with Gasteiger partial charge in [0.1, 0.15) is 0 Å². The quantitative estimate of drug-likeness (QED) is 0.304. The van der Waals surface area contributed by atoms with Crippen LogP contribution in [0.25, 0.3) is 11.4 Å². The number of amides is 3. The maximum atomic E-state index is 12.4. The van der Waals surface area contributed by atoms with Crippen molar-refractivity contribution in [3.05, 3.63) is 89.0 Å². The van der Waals surface area contributed by atoms with Gasteiger partial charge in [0.15, 0.2) is 5.82 Å². The first kappa shape index (κ1) is 21.9. The van der Waals surface area contributed by atoms with Crippen molar-refractivity contribution in [3.63, 3.8) is 0 Å². The summed E-state index contributed by atoms with van der Waals surface area (Å²) in [5.74, 6) is -1.88. The Morgan fingerprint density at radius 2 is 1.52 bits per heavy atom. The number of H-pyrrole nitrogens is 1. The van der Waals surface area contributed by atoms with Crippen molar-refractivity contribution >= 4 is 50.8 Å². The molecule has 33 heavy (non-hydrogen) atoms. The van der Waals surface area contributed by atoms with Crippen molar-refractivity contribution in [2.45, 2.75) is 0 Å². The van der Waals surface area contributed by atoms with Gasteiger partial charge >= 0.3 is 11.8 Å². The zero-order valence-corrected chi connectivity index (χ0v) is 18.6. The summed E-state index contributed by atoms with van der Waals surface area (Å²) in [4.78, 5) is 41.2. The Balaban J connectivity index is 1.36. The molecule has 164 valence electrons. The summed E-state index contributed by atoms with van der Waals surface area (Å²) in [5.41, 5.74) is 2.54. The number of carbonyl (C=O) groups excluding carboxylic acids is 3. The number of rotatable bonds is 5. The third-order valence-corrected chi connectivity index (χ3v) is 4.98. The third kappa shape index (κ3) is 5.69. The highest BCUT2D eigenvalue weighted by Crippen LogP contribution is 2.19. The van der Waals surface area contributed by atoms with Crippen LogP contribution in [-0.4, -0.2) is 32.9 Å². The Morgan fingerprint density at radius 1 is 0.788 bits per heavy atom. The number of benzene rings is 2. The van der Waals surface area contributed by atoms with Crippen LogP contribution in [0, 0.1) is 0 Å². The Kier molecular flexibility index (Phi) is 6.56. The number of hydrogen-bond donors (Lipinski definition) is 4. The molecule has 0 aliphatic carbocycles.